The molecule has 1 heterocycles. The lowest BCUT2D eigenvalue weighted by molar-refractivity contribution is 0.0600. The van der Waals surface area contributed by atoms with Crippen LogP contribution in [0.3, 0.4) is 0 Å². The summed E-state index contributed by atoms with van der Waals surface area (Å²) in [5.41, 5.74) is 6.21. The highest BCUT2D eigenvalue weighted by Gasteiger charge is 2.08. The van der Waals surface area contributed by atoms with E-state index in [0.717, 1.165) is 22.0 Å². The van der Waals surface area contributed by atoms with Crippen molar-refractivity contribution in [1.82, 2.24) is 20.2 Å². The number of hydrazone groups is 1. The smallest absolute Gasteiger partial charge is 0.337 e. The topological polar surface area (TPSA) is 108 Å². The number of ether oxygens (including phenoxy) is 2. The predicted molar refractivity (Wildman–Crippen MR) is 141 cm³/mol. The van der Waals surface area contributed by atoms with Gasteiger partial charge in [-0.3, -0.25) is 4.79 Å². The Kier molecular flexibility index (Phi) is 8.66. The van der Waals surface area contributed by atoms with Crippen molar-refractivity contribution in [3.8, 4) is 5.75 Å². The molecular formula is C27H25N5O4S. The number of carbonyl (C=O) groups excluding carboxylic acids is 2. The largest absolute Gasteiger partial charge is 0.488 e. The first-order chi connectivity index (χ1) is 18.0. The van der Waals surface area contributed by atoms with Crippen molar-refractivity contribution in [2.45, 2.75) is 17.5 Å². The van der Waals surface area contributed by atoms with Gasteiger partial charge in [0.1, 0.15) is 18.7 Å². The van der Waals surface area contributed by atoms with Gasteiger partial charge in [-0.2, -0.15) is 5.10 Å². The van der Waals surface area contributed by atoms with Crippen LogP contribution >= 0.6 is 11.8 Å². The van der Waals surface area contributed by atoms with Crippen LogP contribution in [0.1, 0.15) is 37.4 Å². The zero-order chi connectivity index (χ0) is 26.0. The summed E-state index contributed by atoms with van der Waals surface area (Å²) in [5, 5.41) is 12.8. The van der Waals surface area contributed by atoms with Crippen LogP contribution in [0, 0.1) is 0 Å². The highest BCUT2D eigenvalue weighted by atomic mass is 32.2. The lowest BCUT2D eigenvalue weighted by atomic mass is 10.1. The number of aryl methyl sites for hydroxylation is 1. The summed E-state index contributed by atoms with van der Waals surface area (Å²) < 4.78 is 12.5. The Labute approximate surface area is 218 Å². The minimum atomic E-state index is -0.385. The molecule has 0 saturated carbocycles. The van der Waals surface area contributed by atoms with Crippen molar-refractivity contribution in [2.75, 3.05) is 7.11 Å². The molecule has 0 radical (unpaired) electrons. The Morgan fingerprint density at radius 2 is 1.70 bits per heavy atom. The highest BCUT2D eigenvalue weighted by molar-refractivity contribution is 7.98. The van der Waals surface area contributed by atoms with E-state index in [4.69, 9.17) is 9.47 Å². The number of aromatic nitrogens is 3. The number of methoxy groups -OCH3 is 1. The zero-order valence-electron chi connectivity index (χ0n) is 20.3. The molecule has 0 unspecified atom stereocenters. The summed E-state index contributed by atoms with van der Waals surface area (Å²) >= 11 is 1.57. The molecule has 10 heteroatoms. The second-order valence-electron chi connectivity index (χ2n) is 7.92. The Morgan fingerprint density at radius 1 is 1.00 bits per heavy atom. The van der Waals surface area contributed by atoms with Crippen LogP contribution in [0.2, 0.25) is 0 Å². The van der Waals surface area contributed by atoms with Gasteiger partial charge in [0, 0.05) is 23.9 Å². The molecule has 0 spiro atoms. The highest BCUT2D eigenvalue weighted by Crippen LogP contribution is 2.20. The standard InChI is InChI=1S/C27H25N5O4S/c1-32-18-29-31-27(32)37-17-20-9-11-21(12-10-20)25(33)30-28-15-23-5-3-4-6-24(23)36-16-19-7-13-22(14-8-19)26(34)35-2/h3-15,18H,16-17H2,1-2H3,(H,30,33)/b28-15-. The van der Waals surface area contributed by atoms with E-state index in [0.29, 0.717) is 29.0 Å². The van der Waals surface area contributed by atoms with Gasteiger partial charge in [-0.15, -0.1) is 10.2 Å². The first kappa shape index (κ1) is 25.6. The Morgan fingerprint density at radius 3 is 2.41 bits per heavy atom. The van der Waals surface area contributed by atoms with Gasteiger partial charge in [0.2, 0.25) is 0 Å². The van der Waals surface area contributed by atoms with E-state index < -0.39 is 0 Å². The molecule has 0 aliphatic heterocycles. The van der Waals surface area contributed by atoms with E-state index in [1.807, 2.05) is 60.1 Å². The molecule has 1 aromatic heterocycles. The van der Waals surface area contributed by atoms with Crippen molar-refractivity contribution in [2.24, 2.45) is 12.1 Å². The van der Waals surface area contributed by atoms with Crippen LogP contribution in [0.4, 0.5) is 0 Å². The normalized spacial score (nSPS) is 10.9. The van der Waals surface area contributed by atoms with Crippen LogP contribution in [-0.2, 0) is 24.1 Å². The number of hydrogen-bond donors (Lipinski definition) is 1. The first-order valence-corrected chi connectivity index (χ1v) is 12.3. The Hall–Kier alpha value is -4.44. The van der Waals surface area contributed by atoms with E-state index >= 15 is 0 Å². The number of nitrogens with zero attached hydrogens (tertiary/aromatic N) is 4. The quantitative estimate of drug-likeness (QED) is 0.146. The van der Waals surface area contributed by atoms with Gasteiger partial charge >= 0.3 is 5.97 Å². The Balaban J connectivity index is 1.30. The molecule has 0 aliphatic carbocycles. The van der Waals surface area contributed by atoms with E-state index in [9.17, 15) is 9.59 Å². The molecule has 4 rings (SSSR count). The maximum atomic E-state index is 12.5. The third-order valence-electron chi connectivity index (χ3n) is 5.31. The second kappa shape index (κ2) is 12.5. The molecular weight excluding hydrogens is 490 g/mol. The van der Waals surface area contributed by atoms with E-state index in [1.54, 1.807) is 48.6 Å². The molecule has 3 aromatic carbocycles. The monoisotopic (exact) mass is 515 g/mol. The minimum Gasteiger partial charge on any atom is -0.488 e. The summed E-state index contributed by atoms with van der Waals surface area (Å²) in [4.78, 5) is 24.1. The molecule has 1 N–H and O–H groups in total. The van der Waals surface area contributed by atoms with Crippen LogP contribution in [0.15, 0.2) is 89.4 Å². The van der Waals surface area contributed by atoms with E-state index in [2.05, 4.69) is 20.7 Å². The third kappa shape index (κ3) is 7.05. The summed E-state index contributed by atoms with van der Waals surface area (Å²) in [6, 6.07) is 21.7. The van der Waals surface area contributed by atoms with Gasteiger partial charge in [-0.1, -0.05) is 48.2 Å². The number of thioether (sulfide) groups is 1. The average molecular weight is 516 g/mol. The van der Waals surface area contributed by atoms with Crippen molar-refractivity contribution in [1.29, 1.82) is 0 Å². The van der Waals surface area contributed by atoms with E-state index in [-0.39, 0.29) is 11.9 Å². The molecule has 0 saturated heterocycles. The van der Waals surface area contributed by atoms with E-state index in [1.165, 1.54) is 7.11 Å². The summed E-state index contributed by atoms with van der Waals surface area (Å²) in [6.45, 7) is 0.306. The number of esters is 1. The van der Waals surface area contributed by atoms with Crippen LogP contribution in [0.5, 0.6) is 5.75 Å². The number of benzene rings is 3. The van der Waals surface area contributed by atoms with Crippen molar-refractivity contribution >= 4 is 29.9 Å². The lowest BCUT2D eigenvalue weighted by Crippen LogP contribution is -2.17. The molecule has 0 aliphatic rings. The molecule has 4 aromatic rings. The van der Waals surface area contributed by atoms with Gasteiger partial charge in [-0.05, 0) is 47.5 Å². The molecule has 0 atom stereocenters. The summed E-state index contributed by atoms with van der Waals surface area (Å²) in [7, 11) is 3.24. The fourth-order valence-corrected chi connectivity index (χ4v) is 4.11. The van der Waals surface area contributed by atoms with Crippen molar-refractivity contribution < 1.29 is 19.1 Å². The maximum absolute atomic E-state index is 12.5. The summed E-state index contributed by atoms with van der Waals surface area (Å²) in [6.07, 6.45) is 3.20. The second-order valence-corrected chi connectivity index (χ2v) is 8.87. The van der Waals surface area contributed by atoms with Gasteiger partial charge in [0.15, 0.2) is 5.16 Å². The number of hydrogen-bond acceptors (Lipinski definition) is 8. The molecule has 37 heavy (non-hydrogen) atoms. The minimum absolute atomic E-state index is 0.306. The number of rotatable bonds is 10. The number of para-hydroxylation sites is 1. The van der Waals surface area contributed by atoms with Gasteiger partial charge < -0.3 is 14.0 Å². The van der Waals surface area contributed by atoms with Gasteiger partial charge in [0.05, 0.1) is 18.9 Å². The average Bonchev–Trinajstić information content (AvgIpc) is 3.35. The number of carbonyl (C=O) groups is 2. The molecule has 0 bridgehead atoms. The number of amides is 1. The van der Waals surface area contributed by atoms with Crippen LogP contribution < -0.4 is 10.2 Å². The van der Waals surface area contributed by atoms with Gasteiger partial charge in [-0.25, -0.2) is 10.2 Å². The molecule has 188 valence electrons. The fourth-order valence-electron chi connectivity index (χ4n) is 3.26. The Bertz CT molecular complexity index is 1380. The molecule has 9 nitrogen and oxygen atoms in total. The van der Waals surface area contributed by atoms with Gasteiger partial charge in [0.25, 0.3) is 5.91 Å². The predicted octanol–water partition coefficient (Wildman–Crippen LogP) is 4.24. The first-order valence-electron chi connectivity index (χ1n) is 11.3. The zero-order valence-corrected chi connectivity index (χ0v) is 21.1. The van der Waals surface area contributed by atoms with Crippen LogP contribution in [0.25, 0.3) is 0 Å². The molecule has 1 amide bonds. The fraction of sp³-hybridized carbons (Fsp3) is 0.148. The van der Waals surface area contributed by atoms with Crippen LogP contribution in [-0.4, -0.2) is 40.0 Å². The molecule has 0 fully saturated rings. The maximum Gasteiger partial charge on any atom is 0.337 e. The summed E-state index contributed by atoms with van der Waals surface area (Å²) in [5.74, 6) is 0.637. The third-order valence-corrected chi connectivity index (χ3v) is 6.42. The lowest BCUT2D eigenvalue weighted by Gasteiger charge is -2.09. The SMILES string of the molecule is COC(=O)c1ccc(COc2ccccc2/C=N\NC(=O)c2ccc(CSc3nncn3C)cc2)cc1. The van der Waals surface area contributed by atoms with Crippen molar-refractivity contribution in [3.63, 3.8) is 0 Å². The van der Waals surface area contributed by atoms with Crippen molar-refractivity contribution in [3.05, 3.63) is 107 Å². The number of nitrogens with one attached hydrogen (secondary N) is 1.